The highest BCUT2D eigenvalue weighted by molar-refractivity contribution is 5.78. The lowest BCUT2D eigenvalue weighted by Crippen LogP contribution is -2.47. The summed E-state index contributed by atoms with van der Waals surface area (Å²) in [6.45, 7) is 5.96. The number of hydrogen-bond acceptors (Lipinski definition) is 3. The average molecular weight is 345 g/mol. The van der Waals surface area contributed by atoms with Gasteiger partial charge in [-0.25, -0.2) is 4.39 Å². The molecule has 1 amide bonds. The van der Waals surface area contributed by atoms with Gasteiger partial charge in [-0.3, -0.25) is 4.79 Å². The highest BCUT2D eigenvalue weighted by atomic mass is 19.1. The minimum atomic E-state index is -0.423. The van der Waals surface area contributed by atoms with Crippen molar-refractivity contribution in [3.8, 4) is 5.75 Å². The van der Waals surface area contributed by atoms with E-state index in [0.29, 0.717) is 12.3 Å². The van der Waals surface area contributed by atoms with Crippen LogP contribution in [0.5, 0.6) is 5.75 Å². The quantitative estimate of drug-likeness (QED) is 0.871. The maximum Gasteiger partial charge on any atom is 0.261 e. The van der Waals surface area contributed by atoms with Gasteiger partial charge in [-0.2, -0.15) is 0 Å². The predicted octanol–water partition coefficient (Wildman–Crippen LogP) is 3.52. The molecule has 0 aliphatic heterocycles. The second-order valence-electron chi connectivity index (χ2n) is 6.87. The van der Waals surface area contributed by atoms with Gasteiger partial charge in [-0.05, 0) is 56.2 Å². The summed E-state index contributed by atoms with van der Waals surface area (Å²) in [6, 6.07) is 13.2. The molecule has 0 aliphatic rings. The fourth-order valence-electron chi connectivity index (χ4n) is 2.43. The zero-order chi connectivity index (χ0) is 18.4. The summed E-state index contributed by atoms with van der Waals surface area (Å²) in [5, 5.41) is 9.04. The number of hydrogen-bond donors (Lipinski definition) is 1. The zero-order valence-electron chi connectivity index (χ0n) is 14.8. The fourth-order valence-corrected chi connectivity index (χ4v) is 2.43. The Morgan fingerprint density at radius 1 is 1.12 bits per heavy atom. The SMILES string of the molecule is CC(C)(C)N(Cc1cccc(F)c1)C(=O)COc1ccc(CO)cc1. The second-order valence-corrected chi connectivity index (χ2v) is 6.87. The van der Waals surface area contributed by atoms with Crippen molar-refractivity contribution in [1.82, 2.24) is 4.90 Å². The van der Waals surface area contributed by atoms with Crippen molar-refractivity contribution in [1.29, 1.82) is 0 Å². The van der Waals surface area contributed by atoms with Gasteiger partial charge in [0.2, 0.25) is 0 Å². The molecule has 2 rings (SSSR count). The van der Waals surface area contributed by atoms with Crippen LogP contribution in [0.3, 0.4) is 0 Å². The standard InChI is InChI=1S/C20H24FNO3/c1-20(2,3)22(12-16-5-4-6-17(21)11-16)19(24)14-25-18-9-7-15(13-23)8-10-18/h4-11,23H,12-14H2,1-3H3. The van der Waals surface area contributed by atoms with E-state index in [2.05, 4.69) is 0 Å². The lowest BCUT2D eigenvalue weighted by Gasteiger charge is -2.35. The number of carbonyl (C=O) groups is 1. The van der Waals surface area contributed by atoms with E-state index < -0.39 is 5.54 Å². The van der Waals surface area contributed by atoms with Crippen LogP contribution in [0.15, 0.2) is 48.5 Å². The molecule has 0 heterocycles. The Bertz CT molecular complexity index is 708. The minimum absolute atomic E-state index is 0.0371. The van der Waals surface area contributed by atoms with Gasteiger partial charge in [0.1, 0.15) is 11.6 Å². The highest BCUT2D eigenvalue weighted by Gasteiger charge is 2.27. The van der Waals surface area contributed by atoms with Crippen LogP contribution in [0, 0.1) is 5.82 Å². The molecule has 0 aromatic heterocycles. The molecular formula is C20H24FNO3. The number of amides is 1. The van der Waals surface area contributed by atoms with Gasteiger partial charge >= 0.3 is 0 Å². The number of ether oxygens (including phenoxy) is 1. The van der Waals surface area contributed by atoms with Crippen molar-refractivity contribution in [3.63, 3.8) is 0 Å². The number of aliphatic hydroxyl groups is 1. The Morgan fingerprint density at radius 3 is 2.36 bits per heavy atom. The molecule has 0 aliphatic carbocycles. The second kappa shape index (κ2) is 8.12. The summed E-state index contributed by atoms with van der Waals surface area (Å²) >= 11 is 0. The van der Waals surface area contributed by atoms with Crippen LogP contribution in [0.1, 0.15) is 31.9 Å². The molecule has 2 aromatic carbocycles. The molecule has 0 fully saturated rings. The Morgan fingerprint density at radius 2 is 1.80 bits per heavy atom. The topological polar surface area (TPSA) is 49.8 Å². The third-order valence-corrected chi connectivity index (χ3v) is 3.81. The number of aliphatic hydroxyl groups excluding tert-OH is 1. The van der Waals surface area contributed by atoms with Gasteiger partial charge in [-0.15, -0.1) is 0 Å². The molecule has 0 saturated heterocycles. The van der Waals surface area contributed by atoms with Crippen molar-refractivity contribution in [2.75, 3.05) is 6.61 Å². The molecule has 134 valence electrons. The van der Waals surface area contributed by atoms with Crippen molar-refractivity contribution in [2.45, 2.75) is 39.5 Å². The first-order valence-electron chi connectivity index (χ1n) is 8.17. The molecule has 0 spiro atoms. The summed E-state index contributed by atoms with van der Waals surface area (Å²) in [6.07, 6.45) is 0. The molecule has 0 saturated carbocycles. The Labute approximate surface area is 147 Å². The van der Waals surface area contributed by atoms with Crippen molar-refractivity contribution < 1.29 is 19.0 Å². The van der Waals surface area contributed by atoms with Gasteiger partial charge in [0.05, 0.1) is 6.61 Å². The summed E-state index contributed by atoms with van der Waals surface area (Å²) in [5.74, 6) is 0.0622. The van der Waals surface area contributed by atoms with Crippen LogP contribution in [-0.4, -0.2) is 28.1 Å². The molecule has 4 nitrogen and oxygen atoms in total. The van der Waals surface area contributed by atoms with Crippen molar-refractivity contribution in [3.05, 3.63) is 65.5 Å². The van der Waals surface area contributed by atoms with Crippen molar-refractivity contribution >= 4 is 5.91 Å². The van der Waals surface area contributed by atoms with Crippen LogP contribution in [0.2, 0.25) is 0 Å². The van der Waals surface area contributed by atoms with Gasteiger partial charge in [0.25, 0.3) is 5.91 Å². The molecule has 25 heavy (non-hydrogen) atoms. The maximum atomic E-state index is 13.4. The van der Waals surface area contributed by atoms with E-state index in [-0.39, 0.29) is 24.9 Å². The fraction of sp³-hybridized carbons (Fsp3) is 0.350. The maximum absolute atomic E-state index is 13.4. The summed E-state index contributed by atoms with van der Waals surface area (Å²) in [5.41, 5.74) is 1.09. The lowest BCUT2D eigenvalue weighted by molar-refractivity contribution is -0.139. The van der Waals surface area contributed by atoms with Gasteiger partial charge in [0.15, 0.2) is 6.61 Å². The Balaban J connectivity index is 2.05. The van der Waals surface area contributed by atoms with Gasteiger partial charge in [-0.1, -0.05) is 24.3 Å². The van der Waals surface area contributed by atoms with Crippen LogP contribution < -0.4 is 4.74 Å². The average Bonchev–Trinajstić information content (AvgIpc) is 2.57. The number of nitrogens with zero attached hydrogens (tertiary/aromatic N) is 1. The van der Waals surface area contributed by atoms with Gasteiger partial charge in [0, 0.05) is 12.1 Å². The first kappa shape index (κ1) is 18.9. The summed E-state index contributed by atoms with van der Waals surface area (Å²) in [4.78, 5) is 14.3. The van der Waals surface area contributed by atoms with Crippen molar-refractivity contribution in [2.24, 2.45) is 0 Å². The molecule has 0 unspecified atom stereocenters. The van der Waals surface area contributed by atoms with E-state index >= 15 is 0 Å². The minimum Gasteiger partial charge on any atom is -0.484 e. The van der Waals surface area contributed by atoms with Gasteiger partial charge < -0.3 is 14.7 Å². The van der Waals surface area contributed by atoms with Crippen LogP contribution in [0.4, 0.5) is 4.39 Å². The van der Waals surface area contributed by atoms with Crippen LogP contribution in [0.25, 0.3) is 0 Å². The zero-order valence-corrected chi connectivity index (χ0v) is 14.8. The third kappa shape index (κ3) is 5.57. The summed E-state index contributed by atoms with van der Waals surface area (Å²) in [7, 11) is 0. The molecule has 1 N–H and O–H groups in total. The Hall–Kier alpha value is -2.40. The Kier molecular flexibility index (Phi) is 6.15. The molecule has 2 aromatic rings. The number of halogens is 1. The first-order chi connectivity index (χ1) is 11.8. The normalized spacial score (nSPS) is 11.2. The van der Waals surface area contributed by atoms with Crippen LogP contribution >= 0.6 is 0 Å². The van der Waals surface area contributed by atoms with E-state index in [1.54, 1.807) is 41.3 Å². The summed E-state index contributed by atoms with van der Waals surface area (Å²) < 4.78 is 19.0. The number of rotatable bonds is 6. The van der Waals surface area contributed by atoms with Crippen LogP contribution in [-0.2, 0) is 17.9 Å². The largest absolute Gasteiger partial charge is 0.484 e. The van der Waals surface area contributed by atoms with E-state index in [9.17, 15) is 9.18 Å². The molecule has 0 radical (unpaired) electrons. The van der Waals surface area contributed by atoms with E-state index in [1.165, 1.54) is 12.1 Å². The van der Waals surface area contributed by atoms with E-state index in [0.717, 1.165) is 11.1 Å². The smallest absolute Gasteiger partial charge is 0.261 e. The number of carbonyl (C=O) groups excluding carboxylic acids is 1. The number of benzene rings is 2. The predicted molar refractivity (Wildman–Crippen MR) is 94.6 cm³/mol. The highest BCUT2D eigenvalue weighted by Crippen LogP contribution is 2.19. The lowest BCUT2D eigenvalue weighted by atomic mass is 10.0. The molecule has 0 atom stereocenters. The van der Waals surface area contributed by atoms with E-state index in [1.807, 2.05) is 20.8 Å². The first-order valence-corrected chi connectivity index (χ1v) is 8.17. The molecule has 0 bridgehead atoms. The molecule has 5 heteroatoms. The monoisotopic (exact) mass is 345 g/mol. The third-order valence-electron chi connectivity index (χ3n) is 3.81. The molecular weight excluding hydrogens is 321 g/mol. The van der Waals surface area contributed by atoms with E-state index in [4.69, 9.17) is 9.84 Å².